The number of para-hydroxylation sites is 2. The molecular weight excluding hydrogens is 252 g/mol. The fourth-order valence-corrected chi connectivity index (χ4v) is 1.93. The standard InChI is InChI=1S/C16H18N2O2/c1-11-7-8-15(13(9-11)10-17)20-16-6-4-3-5-14(16)18-12(2)19/h3-9H,10,17H2,1-2H3,(H,18,19). The van der Waals surface area contributed by atoms with Gasteiger partial charge in [-0.2, -0.15) is 0 Å². The summed E-state index contributed by atoms with van der Waals surface area (Å²) in [6.45, 7) is 3.88. The Bertz CT molecular complexity index is 624. The first-order chi connectivity index (χ1) is 9.60. The summed E-state index contributed by atoms with van der Waals surface area (Å²) in [7, 11) is 0. The van der Waals surface area contributed by atoms with E-state index in [1.807, 2.05) is 43.3 Å². The lowest BCUT2D eigenvalue weighted by atomic mass is 10.1. The molecule has 0 saturated heterocycles. The fraction of sp³-hybridized carbons (Fsp3) is 0.188. The van der Waals surface area contributed by atoms with Crippen molar-refractivity contribution in [1.82, 2.24) is 0 Å². The minimum absolute atomic E-state index is 0.135. The number of nitrogens with two attached hydrogens (primary N) is 1. The van der Waals surface area contributed by atoms with Crippen LogP contribution in [-0.2, 0) is 11.3 Å². The molecule has 2 rings (SSSR count). The normalized spacial score (nSPS) is 10.2. The molecule has 20 heavy (non-hydrogen) atoms. The van der Waals surface area contributed by atoms with E-state index in [9.17, 15) is 4.79 Å². The number of anilines is 1. The van der Waals surface area contributed by atoms with Crippen molar-refractivity contribution in [2.24, 2.45) is 5.73 Å². The second-order valence-electron chi connectivity index (χ2n) is 4.59. The number of carbonyl (C=O) groups excluding carboxylic acids is 1. The van der Waals surface area contributed by atoms with Gasteiger partial charge in [0.1, 0.15) is 5.75 Å². The van der Waals surface area contributed by atoms with Crippen LogP contribution in [0.2, 0.25) is 0 Å². The lowest BCUT2D eigenvalue weighted by Gasteiger charge is -2.14. The maximum Gasteiger partial charge on any atom is 0.221 e. The summed E-state index contributed by atoms with van der Waals surface area (Å²) in [4.78, 5) is 11.2. The number of nitrogens with one attached hydrogen (secondary N) is 1. The van der Waals surface area contributed by atoms with Gasteiger partial charge in [0.15, 0.2) is 5.75 Å². The summed E-state index contributed by atoms with van der Waals surface area (Å²) < 4.78 is 5.89. The Hall–Kier alpha value is -2.33. The van der Waals surface area contributed by atoms with Crippen molar-refractivity contribution < 1.29 is 9.53 Å². The van der Waals surface area contributed by atoms with Crippen LogP contribution in [0.3, 0.4) is 0 Å². The van der Waals surface area contributed by atoms with E-state index in [2.05, 4.69) is 5.32 Å². The van der Waals surface area contributed by atoms with Gasteiger partial charge in [-0.3, -0.25) is 4.79 Å². The van der Waals surface area contributed by atoms with E-state index in [4.69, 9.17) is 10.5 Å². The van der Waals surface area contributed by atoms with Gasteiger partial charge in [0.05, 0.1) is 5.69 Å². The van der Waals surface area contributed by atoms with Crippen LogP contribution in [-0.4, -0.2) is 5.91 Å². The lowest BCUT2D eigenvalue weighted by molar-refractivity contribution is -0.114. The van der Waals surface area contributed by atoms with Gasteiger partial charge in [-0.1, -0.05) is 29.8 Å². The highest BCUT2D eigenvalue weighted by molar-refractivity contribution is 5.90. The average molecular weight is 270 g/mol. The minimum Gasteiger partial charge on any atom is -0.455 e. The molecule has 2 aromatic carbocycles. The first kappa shape index (κ1) is 14.1. The first-order valence-electron chi connectivity index (χ1n) is 6.44. The number of rotatable bonds is 4. The largest absolute Gasteiger partial charge is 0.455 e. The second-order valence-corrected chi connectivity index (χ2v) is 4.59. The van der Waals surface area contributed by atoms with Crippen molar-refractivity contribution in [3.63, 3.8) is 0 Å². The van der Waals surface area contributed by atoms with E-state index in [0.717, 1.165) is 11.1 Å². The lowest BCUT2D eigenvalue weighted by Crippen LogP contribution is -2.07. The summed E-state index contributed by atoms with van der Waals surface area (Å²) >= 11 is 0. The Balaban J connectivity index is 2.32. The summed E-state index contributed by atoms with van der Waals surface area (Å²) in [6, 6.07) is 13.2. The van der Waals surface area contributed by atoms with Gasteiger partial charge in [0.2, 0.25) is 5.91 Å². The molecule has 3 N–H and O–H groups in total. The molecule has 0 aliphatic rings. The molecule has 4 nitrogen and oxygen atoms in total. The zero-order valence-electron chi connectivity index (χ0n) is 11.6. The summed E-state index contributed by atoms with van der Waals surface area (Å²) in [5.41, 5.74) is 8.45. The van der Waals surface area contributed by atoms with E-state index < -0.39 is 0 Å². The van der Waals surface area contributed by atoms with Gasteiger partial charge in [0.25, 0.3) is 0 Å². The van der Waals surface area contributed by atoms with Crippen LogP contribution in [0.1, 0.15) is 18.1 Å². The highest BCUT2D eigenvalue weighted by Gasteiger charge is 2.08. The van der Waals surface area contributed by atoms with Gasteiger partial charge >= 0.3 is 0 Å². The molecule has 0 bridgehead atoms. The van der Waals surface area contributed by atoms with E-state index in [-0.39, 0.29) is 5.91 Å². The van der Waals surface area contributed by atoms with Crippen molar-refractivity contribution in [2.75, 3.05) is 5.32 Å². The van der Waals surface area contributed by atoms with E-state index >= 15 is 0 Å². The van der Waals surface area contributed by atoms with Crippen LogP contribution < -0.4 is 15.8 Å². The van der Waals surface area contributed by atoms with Crippen molar-refractivity contribution >= 4 is 11.6 Å². The topological polar surface area (TPSA) is 64.3 Å². The summed E-state index contributed by atoms with van der Waals surface area (Å²) in [6.07, 6.45) is 0. The van der Waals surface area contributed by atoms with Crippen LogP contribution in [0.5, 0.6) is 11.5 Å². The van der Waals surface area contributed by atoms with Crippen molar-refractivity contribution in [2.45, 2.75) is 20.4 Å². The van der Waals surface area contributed by atoms with Crippen molar-refractivity contribution in [3.05, 3.63) is 53.6 Å². The number of amides is 1. The van der Waals surface area contributed by atoms with Crippen LogP contribution in [0.4, 0.5) is 5.69 Å². The SMILES string of the molecule is CC(=O)Nc1ccccc1Oc1ccc(C)cc1CN. The molecule has 104 valence electrons. The highest BCUT2D eigenvalue weighted by Crippen LogP contribution is 2.31. The Morgan fingerprint density at radius 3 is 2.65 bits per heavy atom. The number of ether oxygens (including phenoxy) is 1. The molecule has 0 spiro atoms. The third-order valence-corrected chi connectivity index (χ3v) is 2.85. The number of hydrogen-bond donors (Lipinski definition) is 2. The number of aryl methyl sites for hydroxylation is 1. The fourth-order valence-electron chi connectivity index (χ4n) is 1.93. The quantitative estimate of drug-likeness (QED) is 0.896. The third-order valence-electron chi connectivity index (χ3n) is 2.85. The molecular formula is C16H18N2O2. The molecule has 1 amide bonds. The Morgan fingerprint density at radius 2 is 1.95 bits per heavy atom. The van der Waals surface area contributed by atoms with Crippen LogP contribution in [0.25, 0.3) is 0 Å². The number of benzene rings is 2. The first-order valence-corrected chi connectivity index (χ1v) is 6.44. The minimum atomic E-state index is -0.135. The summed E-state index contributed by atoms with van der Waals surface area (Å²) in [5.74, 6) is 1.17. The molecule has 2 aromatic rings. The van der Waals surface area contributed by atoms with Gasteiger partial charge < -0.3 is 15.8 Å². The Labute approximate surface area is 118 Å². The number of carbonyl (C=O) groups is 1. The molecule has 0 aromatic heterocycles. The van der Waals surface area contributed by atoms with Gasteiger partial charge in [0, 0.05) is 19.0 Å². The smallest absolute Gasteiger partial charge is 0.221 e. The molecule has 0 fully saturated rings. The zero-order valence-corrected chi connectivity index (χ0v) is 11.6. The molecule has 0 atom stereocenters. The van der Waals surface area contributed by atoms with Crippen LogP contribution in [0, 0.1) is 6.92 Å². The van der Waals surface area contributed by atoms with Crippen LogP contribution >= 0.6 is 0 Å². The van der Waals surface area contributed by atoms with E-state index in [1.165, 1.54) is 6.92 Å². The highest BCUT2D eigenvalue weighted by atomic mass is 16.5. The predicted molar refractivity (Wildman–Crippen MR) is 79.9 cm³/mol. The molecule has 0 unspecified atom stereocenters. The van der Waals surface area contributed by atoms with Crippen molar-refractivity contribution in [1.29, 1.82) is 0 Å². The van der Waals surface area contributed by atoms with Gasteiger partial charge in [-0.05, 0) is 25.1 Å². The van der Waals surface area contributed by atoms with Crippen molar-refractivity contribution in [3.8, 4) is 11.5 Å². The second kappa shape index (κ2) is 6.21. The number of hydrogen-bond acceptors (Lipinski definition) is 3. The maximum atomic E-state index is 11.2. The average Bonchev–Trinajstić information content (AvgIpc) is 2.42. The molecule has 0 radical (unpaired) electrons. The Kier molecular flexibility index (Phi) is 4.38. The third kappa shape index (κ3) is 3.36. The maximum absolute atomic E-state index is 11.2. The van der Waals surface area contributed by atoms with Gasteiger partial charge in [-0.25, -0.2) is 0 Å². The molecule has 4 heteroatoms. The summed E-state index contributed by atoms with van der Waals surface area (Å²) in [5, 5.41) is 2.75. The molecule has 0 heterocycles. The van der Waals surface area contributed by atoms with Gasteiger partial charge in [-0.15, -0.1) is 0 Å². The molecule has 0 aliphatic heterocycles. The van der Waals surface area contributed by atoms with Crippen LogP contribution in [0.15, 0.2) is 42.5 Å². The monoisotopic (exact) mass is 270 g/mol. The van der Waals surface area contributed by atoms with E-state index in [1.54, 1.807) is 6.07 Å². The van der Waals surface area contributed by atoms with E-state index in [0.29, 0.717) is 23.7 Å². The zero-order chi connectivity index (χ0) is 14.5. The Morgan fingerprint density at radius 1 is 1.20 bits per heavy atom. The molecule has 0 saturated carbocycles. The predicted octanol–water partition coefficient (Wildman–Crippen LogP) is 3.20. The molecule has 0 aliphatic carbocycles.